The number of aromatic nitrogens is 2. The molecule has 2 aromatic heterocycles. The third-order valence-electron chi connectivity index (χ3n) is 4.06. The monoisotopic (exact) mass is 251 g/mol. The Labute approximate surface area is 112 Å². The Bertz CT molecular complexity index is 723. The fourth-order valence-electron chi connectivity index (χ4n) is 3.11. The number of pyridine rings is 1. The van der Waals surface area contributed by atoms with Crippen LogP contribution in [0.15, 0.2) is 36.5 Å². The molecule has 0 aliphatic carbocycles. The largest absolute Gasteiger partial charge is 0.355 e. The average Bonchev–Trinajstić information content (AvgIpc) is 2.87. The van der Waals surface area contributed by atoms with E-state index in [1.165, 1.54) is 41.1 Å². The highest BCUT2D eigenvalue weighted by Crippen LogP contribution is 2.31. The fraction of sp³-hybridized carbons (Fsp3) is 0.312. The standard InChI is InChI=1S/C16H17N3/c1-4-10-19(11-5-1)16-15-13(8-9-17-16)12-6-2-3-7-14(12)18-15/h2-3,6-9,18H,1,4-5,10-11H2. The smallest absolute Gasteiger partial charge is 0.152 e. The number of aromatic amines is 1. The van der Waals surface area contributed by atoms with Crippen LogP contribution in [0, 0.1) is 0 Å². The van der Waals surface area contributed by atoms with Crippen LogP contribution in [0.2, 0.25) is 0 Å². The van der Waals surface area contributed by atoms with Gasteiger partial charge in [0.05, 0.1) is 5.52 Å². The summed E-state index contributed by atoms with van der Waals surface area (Å²) in [4.78, 5) is 10.6. The van der Waals surface area contributed by atoms with Gasteiger partial charge in [0.25, 0.3) is 0 Å². The molecule has 3 heterocycles. The second kappa shape index (κ2) is 4.26. The molecule has 1 aliphatic heterocycles. The second-order valence-corrected chi connectivity index (χ2v) is 5.28. The SMILES string of the molecule is c1ccc2c(c1)[nH]c1c(N3CCCCC3)nccc12. The molecule has 0 bridgehead atoms. The van der Waals surface area contributed by atoms with E-state index in [0.29, 0.717) is 0 Å². The molecule has 0 radical (unpaired) electrons. The summed E-state index contributed by atoms with van der Waals surface area (Å²) in [5.41, 5.74) is 2.38. The molecule has 0 saturated carbocycles. The van der Waals surface area contributed by atoms with E-state index in [1.54, 1.807) is 0 Å². The summed E-state index contributed by atoms with van der Waals surface area (Å²) < 4.78 is 0. The van der Waals surface area contributed by atoms with Crippen LogP contribution in [0.25, 0.3) is 21.8 Å². The molecule has 1 saturated heterocycles. The lowest BCUT2D eigenvalue weighted by atomic mass is 10.1. The summed E-state index contributed by atoms with van der Waals surface area (Å²) in [6.45, 7) is 2.25. The number of anilines is 1. The molecule has 1 N–H and O–H groups in total. The van der Waals surface area contributed by atoms with Crippen LogP contribution in [0.3, 0.4) is 0 Å². The fourth-order valence-corrected chi connectivity index (χ4v) is 3.11. The van der Waals surface area contributed by atoms with Crippen LogP contribution in [0.5, 0.6) is 0 Å². The van der Waals surface area contributed by atoms with Gasteiger partial charge in [-0.25, -0.2) is 4.98 Å². The molecular weight excluding hydrogens is 234 g/mol. The number of nitrogens with zero attached hydrogens (tertiary/aromatic N) is 2. The van der Waals surface area contributed by atoms with E-state index < -0.39 is 0 Å². The maximum Gasteiger partial charge on any atom is 0.152 e. The van der Waals surface area contributed by atoms with Crippen LogP contribution in [0.1, 0.15) is 19.3 Å². The van der Waals surface area contributed by atoms with Gasteiger partial charge in [0.1, 0.15) is 0 Å². The molecule has 96 valence electrons. The Morgan fingerprint density at radius 2 is 1.79 bits per heavy atom. The van der Waals surface area contributed by atoms with Crippen LogP contribution in [0.4, 0.5) is 5.82 Å². The van der Waals surface area contributed by atoms with Crippen molar-refractivity contribution in [1.82, 2.24) is 9.97 Å². The normalized spacial score (nSPS) is 16.3. The first-order valence-electron chi connectivity index (χ1n) is 7.04. The van der Waals surface area contributed by atoms with Crippen LogP contribution >= 0.6 is 0 Å². The molecule has 0 spiro atoms. The van der Waals surface area contributed by atoms with Crippen molar-refractivity contribution in [2.45, 2.75) is 19.3 Å². The molecule has 3 aromatic rings. The lowest BCUT2D eigenvalue weighted by Gasteiger charge is -2.27. The zero-order valence-corrected chi connectivity index (χ0v) is 10.9. The molecule has 4 rings (SSSR count). The third kappa shape index (κ3) is 1.69. The van der Waals surface area contributed by atoms with Crippen molar-refractivity contribution in [3.8, 4) is 0 Å². The number of piperidine rings is 1. The minimum Gasteiger partial charge on any atom is -0.355 e. The van der Waals surface area contributed by atoms with E-state index in [1.807, 2.05) is 6.20 Å². The molecule has 1 aromatic carbocycles. The molecule has 3 nitrogen and oxygen atoms in total. The average molecular weight is 251 g/mol. The van der Waals surface area contributed by atoms with E-state index in [0.717, 1.165) is 18.9 Å². The molecule has 1 fully saturated rings. The minimum absolute atomic E-state index is 1.12. The van der Waals surface area contributed by atoms with Crippen molar-refractivity contribution in [3.63, 3.8) is 0 Å². The van der Waals surface area contributed by atoms with Gasteiger partial charge in [0.2, 0.25) is 0 Å². The molecule has 0 amide bonds. The highest BCUT2D eigenvalue weighted by molar-refractivity contribution is 6.10. The van der Waals surface area contributed by atoms with Crippen molar-refractivity contribution in [1.29, 1.82) is 0 Å². The van der Waals surface area contributed by atoms with Gasteiger partial charge in [-0.05, 0) is 31.4 Å². The van der Waals surface area contributed by atoms with Crippen LogP contribution in [-0.2, 0) is 0 Å². The van der Waals surface area contributed by atoms with Gasteiger partial charge in [0.15, 0.2) is 5.82 Å². The lowest BCUT2D eigenvalue weighted by Crippen LogP contribution is -2.30. The Kier molecular flexibility index (Phi) is 2.44. The quantitative estimate of drug-likeness (QED) is 0.715. The van der Waals surface area contributed by atoms with Crippen molar-refractivity contribution >= 4 is 27.6 Å². The van der Waals surface area contributed by atoms with Crippen LogP contribution < -0.4 is 4.90 Å². The van der Waals surface area contributed by atoms with E-state index in [2.05, 4.69) is 45.2 Å². The van der Waals surface area contributed by atoms with Crippen molar-refractivity contribution in [2.75, 3.05) is 18.0 Å². The highest BCUT2D eigenvalue weighted by Gasteiger charge is 2.16. The zero-order valence-electron chi connectivity index (χ0n) is 10.9. The number of fused-ring (bicyclic) bond motifs is 3. The van der Waals surface area contributed by atoms with Crippen molar-refractivity contribution in [2.24, 2.45) is 0 Å². The molecule has 3 heteroatoms. The summed E-state index contributed by atoms with van der Waals surface area (Å²) in [7, 11) is 0. The minimum atomic E-state index is 1.12. The third-order valence-corrected chi connectivity index (χ3v) is 4.06. The number of para-hydroxylation sites is 1. The topological polar surface area (TPSA) is 31.9 Å². The van der Waals surface area contributed by atoms with Crippen LogP contribution in [-0.4, -0.2) is 23.1 Å². The van der Waals surface area contributed by atoms with Gasteiger partial charge in [-0.1, -0.05) is 18.2 Å². The van der Waals surface area contributed by atoms with Gasteiger partial charge in [-0.2, -0.15) is 0 Å². The van der Waals surface area contributed by atoms with Gasteiger partial charge >= 0.3 is 0 Å². The predicted molar refractivity (Wildman–Crippen MR) is 79.7 cm³/mol. The maximum atomic E-state index is 4.62. The molecular formula is C16H17N3. The Hall–Kier alpha value is -2.03. The summed E-state index contributed by atoms with van der Waals surface area (Å²) in [5, 5.41) is 2.57. The van der Waals surface area contributed by atoms with Gasteiger partial charge in [0, 0.05) is 35.6 Å². The summed E-state index contributed by atoms with van der Waals surface area (Å²) >= 11 is 0. The number of rotatable bonds is 1. The Morgan fingerprint density at radius 3 is 2.68 bits per heavy atom. The molecule has 19 heavy (non-hydrogen) atoms. The van der Waals surface area contributed by atoms with Gasteiger partial charge in [-0.3, -0.25) is 0 Å². The first-order valence-corrected chi connectivity index (χ1v) is 7.04. The van der Waals surface area contributed by atoms with Gasteiger partial charge < -0.3 is 9.88 Å². The summed E-state index contributed by atoms with van der Waals surface area (Å²) in [6, 6.07) is 10.6. The highest BCUT2D eigenvalue weighted by atomic mass is 15.2. The van der Waals surface area contributed by atoms with E-state index in [-0.39, 0.29) is 0 Å². The lowest BCUT2D eigenvalue weighted by molar-refractivity contribution is 0.574. The zero-order chi connectivity index (χ0) is 12.7. The summed E-state index contributed by atoms with van der Waals surface area (Å²) in [6.07, 6.45) is 5.84. The molecule has 1 aliphatic rings. The predicted octanol–water partition coefficient (Wildman–Crippen LogP) is 3.71. The van der Waals surface area contributed by atoms with Gasteiger partial charge in [-0.15, -0.1) is 0 Å². The molecule has 0 unspecified atom stereocenters. The van der Waals surface area contributed by atoms with E-state index >= 15 is 0 Å². The number of nitrogens with one attached hydrogen (secondary N) is 1. The first-order chi connectivity index (χ1) is 9.43. The number of hydrogen-bond acceptors (Lipinski definition) is 2. The Balaban J connectivity index is 1.95. The number of benzene rings is 1. The van der Waals surface area contributed by atoms with E-state index in [4.69, 9.17) is 0 Å². The number of H-pyrrole nitrogens is 1. The summed E-state index contributed by atoms with van der Waals surface area (Å²) in [5.74, 6) is 1.12. The van der Waals surface area contributed by atoms with E-state index in [9.17, 15) is 0 Å². The number of hydrogen-bond donors (Lipinski definition) is 1. The van der Waals surface area contributed by atoms with Crippen molar-refractivity contribution < 1.29 is 0 Å². The molecule has 0 atom stereocenters. The maximum absolute atomic E-state index is 4.62. The first kappa shape index (κ1) is 10.9. The van der Waals surface area contributed by atoms with Crippen molar-refractivity contribution in [3.05, 3.63) is 36.5 Å². The Morgan fingerprint density at radius 1 is 0.947 bits per heavy atom. The second-order valence-electron chi connectivity index (χ2n) is 5.28.